The molecule has 1 aromatic carbocycles. The Morgan fingerprint density at radius 1 is 1.09 bits per heavy atom. The Balaban J connectivity index is 1.97. The highest BCUT2D eigenvalue weighted by Crippen LogP contribution is 2.19. The van der Waals surface area contributed by atoms with Crippen LogP contribution in [0.5, 0.6) is 5.75 Å². The summed E-state index contributed by atoms with van der Waals surface area (Å²) in [7, 11) is 0. The van der Waals surface area contributed by atoms with Gasteiger partial charge in [0, 0.05) is 35.3 Å². The molecule has 5 heteroatoms. The molecule has 0 saturated carbocycles. The molecule has 2 aromatic heterocycles. The molecule has 0 aliphatic carbocycles. The number of ether oxygens (including phenoxy) is 1. The molecule has 0 aliphatic rings. The smallest absolute Gasteiger partial charge is 0.255 e. The summed E-state index contributed by atoms with van der Waals surface area (Å²) >= 11 is 0. The SMILES string of the molecule is CC(C)Oc1ccc(-n2cc(-c3cn[nH]c3)ccc2=O)cc1. The summed E-state index contributed by atoms with van der Waals surface area (Å²) < 4.78 is 7.23. The standard InChI is InChI=1S/C17H17N3O2/c1-12(2)22-16-6-4-15(5-7-16)20-11-13(3-8-17(20)21)14-9-18-19-10-14/h3-12H,1-2H3,(H,18,19). The lowest BCUT2D eigenvalue weighted by Crippen LogP contribution is -2.16. The molecular weight excluding hydrogens is 278 g/mol. The fourth-order valence-electron chi connectivity index (χ4n) is 2.23. The van der Waals surface area contributed by atoms with Crippen molar-refractivity contribution in [2.45, 2.75) is 20.0 Å². The highest BCUT2D eigenvalue weighted by Gasteiger charge is 2.05. The molecule has 112 valence electrons. The quantitative estimate of drug-likeness (QED) is 0.805. The topological polar surface area (TPSA) is 59.9 Å². The van der Waals surface area contributed by atoms with Gasteiger partial charge >= 0.3 is 0 Å². The molecule has 0 saturated heterocycles. The average molecular weight is 295 g/mol. The van der Waals surface area contributed by atoms with Crippen molar-refractivity contribution >= 4 is 0 Å². The first-order valence-electron chi connectivity index (χ1n) is 7.12. The first kappa shape index (κ1) is 14.1. The van der Waals surface area contributed by atoms with Gasteiger partial charge in [-0.3, -0.25) is 14.5 Å². The maximum atomic E-state index is 12.1. The second kappa shape index (κ2) is 5.89. The molecule has 0 amide bonds. The van der Waals surface area contributed by atoms with Crippen LogP contribution in [0.4, 0.5) is 0 Å². The first-order valence-corrected chi connectivity index (χ1v) is 7.12. The van der Waals surface area contributed by atoms with Gasteiger partial charge < -0.3 is 4.74 Å². The Morgan fingerprint density at radius 2 is 1.86 bits per heavy atom. The van der Waals surface area contributed by atoms with E-state index in [0.717, 1.165) is 22.6 Å². The van der Waals surface area contributed by atoms with Crippen molar-refractivity contribution in [3.63, 3.8) is 0 Å². The second-order valence-corrected chi connectivity index (χ2v) is 5.27. The van der Waals surface area contributed by atoms with Crippen LogP contribution in [0.15, 0.2) is 59.8 Å². The van der Waals surface area contributed by atoms with Crippen molar-refractivity contribution in [2.24, 2.45) is 0 Å². The van der Waals surface area contributed by atoms with Crippen LogP contribution >= 0.6 is 0 Å². The Morgan fingerprint density at radius 3 is 2.50 bits per heavy atom. The van der Waals surface area contributed by atoms with Gasteiger partial charge in [0.2, 0.25) is 0 Å². The number of aromatic nitrogens is 3. The van der Waals surface area contributed by atoms with Gasteiger partial charge in [-0.2, -0.15) is 5.10 Å². The van der Waals surface area contributed by atoms with Crippen LogP contribution in [-0.4, -0.2) is 20.9 Å². The van der Waals surface area contributed by atoms with E-state index in [4.69, 9.17) is 4.74 Å². The zero-order chi connectivity index (χ0) is 15.5. The number of H-pyrrole nitrogens is 1. The van der Waals surface area contributed by atoms with Gasteiger partial charge in [-0.05, 0) is 44.2 Å². The Bertz CT molecular complexity index is 803. The lowest BCUT2D eigenvalue weighted by Gasteiger charge is -2.11. The number of aromatic amines is 1. The fourth-order valence-corrected chi connectivity index (χ4v) is 2.23. The van der Waals surface area contributed by atoms with E-state index in [1.807, 2.05) is 44.3 Å². The van der Waals surface area contributed by atoms with Gasteiger partial charge in [0.25, 0.3) is 5.56 Å². The van der Waals surface area contributed by atoms with Crippen LogP contribution in [0.25, 0.3) is 16.8 Å². The first-order chi connectivity index (χ1) is 10.6. The monoisotopic (exact) mass is 295 g/mol. The maximum Gasteiger partial charge on any atom is 0.255 e. The van der Waals surface area contributed by atoms with E-state index in [1.165, 1.54) is 0 Å². The Hall–Kier alpha value is -2.82. The third-order valence-corrected chi connectivity index (χ3v) is 3.23. The number of rotatable bonds is 4. The van der Waals surface area contributed by atoms with Crippen molar-refractivity contribution in [1.29, 1.82) is 0 Å². The lowest BCUT2D eigenvalue weighted by atomic mass is 10.1. The molecule has 0 spiro atoms. The van der Waals surface area contributed by atoms with Crippen molar-refractivity contribution in [1.82, 2.24) is 14.8 Å². The van der Waals surface area contributed by atoms with Crippen LogP contribution in [0, 0.1) is 0 Å². The fraction of sp³-hybridized carbons (Fsp3) is 0.176. The molecule has 0 atom stereocenters. The zero-order valence-corrected chi connectivity index (χ0v) is 12.5. The number of hydrogen-bond acceptors (Lipinski definition) is 3. The predicted molar refractivity (Wildman–Crippen MR) is 85.4 cm³/mol. The van der Waals surface area contributed by atoms with E-state index >= 15 is 0 Å². The molecule has 0 radical (unpaired) electrons. The summed E-state index contributed by atoms with van der Waals surface area (Å²) in [6.07, 6.45) is 5.46. The number of benzene rings is 1. The zero-order valence-electron chi connectivity index (χ0n) is 12.5. The minimum Gasteiger partial charge on any atom is -0.491 e. The van der Waals surface area contributed by atoms with Crippen LogP contribution in [-0.2, 0) is 0 Å². The average Bonchev–Trinajstić information content (AvgIpc) is 3.02. The number of hydrogen-bond donors (Lipinski definition) is 1. The van der Waals surface area contributed by atoms with E-state index in [-0.39, 0.29) is 11.7 Å². The molecule has 2 heterocycles. The maximum absolute atomic E-state index is 12.1. The Labute approximate surface area is 128 Å². The van der Waals surface area contributed by atoms with Gasteiger partial charge in [-0.1, -0.05) is 0 Å². The molecule has 0 unspecified atom stereocenters. The van der Waals surface area contributed by atoms with Gasteiger partial charge in [-0.15, -0.1) is 0 Å². The number of nitrogens with one attached hydrogen (secondary N) is 1. The van der Waals surface area contributed by atoms with Crippen LogP contribution < -0.4 is 10.3 Å². The second-order valence-electron chi connectivity index (χ2n) is 5.27. The third kappa shape index (κ3) is 2.93. The van der Waals surface area contributed by atoms with Crippen LogP contribution in [0.1, 0.15) is 13.8 Å². The van der Waals surface area contributed by atoms with E-state index in [1.54, 1.807) is 29.1 Å². The van der Waals surface area contributed by atoms with Crippen molar-refractivity contribution in [2.75, 3.05) is 0 Å². The summed E-state index contributed by atoms with van der Waals surface area (Å²) in [4.78, 5) is 12.1. The summed E-state index contributed by atoms with van der Waals surface area (Å²) in [5.74, 6) is 0.790. The largest absolute Gasteiger partial charge is 0.491 e. The van der Waals surface area contributed by atoms with Crippen LogP contribution in [0.2, 0.25) is 0 Å². The number of pyridine rings is 1. The van der Waals surface area contributed by atoms with E-state index in [2.05, 4.69) is 10.2 Å². The van der Waals surface area contributed by atoms with Gasteiger partial charge in [-0.25, -0.2) is 0 Å². The molecule has 0 fully saturated rings. The van der Waals surface area contributed by atoms with E-state index in [0.29, 0.717) is 0 Å². The van der Waals surface area contributed by atoms with E-state index < -0.39 is 0 Å². The molecule has 0 aliphatic heterocycles. The summed E-state index contributed by atoms with van der Waals surface area (Å²) in [5, 5.41) is 6.71. The van der Waals surface area contributed by atoms with Crippen molar-refractivity contribution < 1.29 is 4.74 Å². The summed E-state index contributed by atoms with van der Waals surface area (Å²) in [6, 6.07) is 10.8. The van der Waals surface area contributed by atoms with Gasteiger partial charge in [0.1, 0.15) is 5.75 Å². The lowest BCUT2D eigenvalue weighted by molar-refractivity contribution is 0.242. The highest BCUT2D eigenvalue weighted by molar-refractivity contribution is 5.60. The van der Waals surface area contributed by atoms with Crippen molar-refractivity contribution in [3.8, 4) is 22.6 Å². The predicted octanol–water partition coefficient (Wildman–Crippen LogP) is 3.01. The molecule has 3 aromatic rings. The summed E-state index contributed by atoms with van der Waals surface area (Å²) in [5.41, 5.74) is 2.58. The minimum atomic E-state index is -0.0789. The van der Waals surface area contributed by atoms with Crippen LogP contribution in [0.3, 0.4) is 0 Å². The molecule has 5 nitrogen and oxygen atoms in total. The third-order valence-electron chi connectivity index (χ3n) is 3.23. The molecule has 22 heavy (non-hydrogen) atoms. The van der Waals surface area contributed by atoms with Gasteiger partial charge in [0.15, 0.2) is 0 Å². The normalized spacial score (nSPS) is 10.9. The van der Waals surface area contributed by atoms with E-state index in [9.17, 15) is 4.79 Å². The molecule has 1 N–H and O–H groups in total. The minimum absolute atomic E-state index is 0.0789. The molecule has 0 bridgehead atoms. The Kier molecular flexibility index (Phi) is 3.78. The highest BCUT2D eigenvalue weighted by atomic mass is 16.5. The van der Waals surface area contributed by atoms with Gasteiger partial charge in [0.05, 0.1) is 12.3 Å². The molecule has 3 rings (SSSR count). The number of nitrogens with zero attached hydrogens (tertiary/aromatic N) is 2. The van der Waals surface area contributed by atoms with Crippen molar-refractivity contribution in [3.05, 3.63) is 65.3 Å². The summed E-state index contributed by atoms with van der Waals surface area (Å²) in [6.45, 7) is 3.96. The molecular formula is C17H17N3O2.